The predicted octanol–water partition coefficient (Wildman–Crippen LogP) is 4.87. The maximum absolute atomic E-state index is 5.93. The number of halogens is 1. The van der Waals surface area contributed by atoms with Crippen molar-refractivity contribution in [2.24, 2.45) is 5.73 Å². The third-order valence-corrected chi connectivity index (χ3v) is 4.07. The molecule has 0 aliphatic rings. The molecule has 1 aromatic rings. The Morgan fingerprint density at radius 1 is 1.21 bits per heavy atom. The van der Waals surface area contributed by atoms with Gasteiger partial charge < -0.3 is 10.6 Å². The van der Waals surface area contributed by atoms with Crippen molar-refractivity contribution in [1.29, 1.82) is 0 Å². The molecule has 0 saturated heterocycles. The van der Waals surface area contributed by atoms with Crippen molar-refractivity contribution in [1.82, 2.24) is 0 Å². The summed E-state index contributed by atoms with van der Waals surface area (Å²) in [5.41, 5.74) is 8.38. The molecular formula is C16H27BrN2. The maximum atomic E-state index is 5.93. The van der Waals surface area contributed by atoms with Crippen molar-refractivity contribution < 1.29 is 0 Å². The van der Waals surface area contributed by atoms with E-state index in [2.05, 4.69) is 59.8 Å². The first-order chi connectivity index (χ1) is 8.97. The number of anilines is 1. The largest absolute Gasteiger partial charge is 0.368 e. The molecule has 1 aromatic carbocycles. The zero-order chi connectivity index (χ0) is 14.4. The molecular weight excluding hydrogens is 300 g/mol. The molecule has 3 heteroatoms. The van der Waals surface area contributed by atoms with Crippen LogP contribution in [0.1, 0.15) is 58.6 Å². The van der Waals surface area contributed by atoms with Crippen LogP contribution in [0.15, 0.2) is 22.7 Å². The first-order valence-corrected chi connectivity index (χ1v) is 8.08. The van der Waals surface area contributed by atoms with Gasteiger partial charge in [-0.25, -0.2) is 0 Å². The minimum atomic E-state index is 0.0814. The van der Waals surface area contributed by atoms with Crippen molar-refractivity contribution in [2.75, 3.05) is 11.4 Å². The van der Waals surface area contributed by atoms with Crippen LogP contribution >= 0.6 is 15.9 Å². The molecule has 0 aliphatic heterocycles. The first-order valence-electron chi connectivity index (χ1n) is 7.29. The average Bonchev–Trinajstić information content (AvgIpc) is 2.35. The fourth-order valence-electron chi connectivity index (χ4n) is 2.23. The van der Waals surface area contributed by atoms with E-state index < -0.39 is 0 Å². The Bertz CT molecular complexity index is 388. The molecule has 0 radical (unpaired) electrons. The van der Waals surface area contributed by atoms with Gasteiger partial charge in [0.25, 0.3) is 0 Å². The molecule has 2 N–H and O–H groups in total. The van der Waals surface area contributed by atoms with Crippen LogP contribution in [-0.2, 0) is 0 Å². The molecule has 0 heterocycles. The van der Waals surface area contributed by atoms with Crippen LogP contribution in [0.4, 0.5) is 5.69 Å². The SMILES string of the molecule is CCCCCN(c1ccc(C(C)N)cc1Br)C(C)C. The Balaban J connectivity index is 2.90. The van der Waals surface area contributed by atoms with Crippen LogP contribution in [0.5, 0.6) is 0 Å². The van der Waals surface area contributed by atoms with Crippen LogP contribution in [0, 0.1) is 0 Å². The van der Waals surface area contributed by atoms with Gasteiger partial charge in [-0.05, 0) is 60.8 Å². The molecule has 0 fully saturated rings. The molecule has 2 nitrogen and oxygen atoms in total. The number of rotatable bonds is 7. The minimum Gasteiger partial charge on any atom is -0.368 e. The van der Waals surface area contributed by atoms with Crippen LogP contribution in [0.3, 0.4) is 0 Å². The smallest absolute Gasteiger partial charge is 0.0513 e. The van der Waals surface area contributed by atoms with E-state index in [1.807, 2.05) is 6.92 Å². The van der Waals surface area contributed by atoms with Crippen LogP contribution in [-0.4, -0.2) is 12.6 Å². The summed E-state index contributed by atoms with van der Waals surface area (Å²) in [5.74, 6) is 0. The number of hydrogen-bond acceptors (Lipinski definition) is 2. The highest BCUT2D eigenvalue weighted by atomic mass is 79.9. The quantitative estimate of drug-likeness (QED) is 0.724. The molecule has 108 valence electrons. The van der Waals surface area contributed by atoms with Crippen LogP contribution in [0.25, 0.3) is 0 Å². The van der Waals surface area contributed by atoms with E-state index in [9.17, 15) is 0 Å². The molecule has 1 rings (SSSR count). The molecule has 0 aromatic heterocycles. The Morgan fingerprint density at radius 2 is 1.89 bits per heavy atom. The van der Waals surface area contributed by atoms with Crippen molar-refractivity contribution in [3.8, 4) is 0 Å². The topological polar surface area (TPSA) is 29.3 Å². The van der Waals surface area contributed by atoms with Gasteiger partial charge in [0.1, 0.15) is 0 Å². The van der Waals surface area contributed by atoms with E-state index in [0.29, 0.717) is 6.04 Å². The summed E-state index contributed by atoms with van der Waals surface area (Å²) in [6.07, 6.45) is 3.80. The van der Waals surface area contributed by atoms with Crippen molar-refractivity contribution in [2.45, 2.75) is 59.0 Å². The zero-order valence-electron chi connectivity index (χ0n) is 12.6. The normalized spacial score (nSPS) is 12.8. The Hall–Kier alpha value is -0.540. The van der Waals surface area contributed by atoms with Gasteiger partial charge in [0, 0.05) is 23.1 Å². The van der Waals surface area contributed by atoms with E-state index in [1.54, 1.807) is 0 Å². The zero-order valence-corrected chi connectivity index (χ0v) is 14.2. The molecule has 0 saturated carbocycles. The third-order valence-electron chi connectivity index (χ3n) is 3.43. The highest BCUT2D eigenvalue weighted by Crippen LogP contribution is 2.30. The average molecular weight is 327 g/mol. The lowest BCUT2D eigenvalue weighted by Gasteiger charge is -2.30. The number of benzene rings is 1. The summed E-state index contributed by atoms with van der Waals surface area (Å²) in [5, 5.41) is 0. The second-order valence-corrected chi connectivity index (χ2v) is 6.35. The Morgan fingerprint density at radius 3 is 2.37 bits per heavy atom. The number of nitrogens with two attached hydrogens (primary N) is 1. The van der Waals surface area contributed by atoms with Gasteiger partial charge in [-0.15, -0.1) is 0 Å². The lowest BCUT2D eigenvalue weighted by atomic mass is 10.1. The highest BCUT2D eigenvalue weighted by molar-refractivity contribution is 9.10. The minimum absolute atomic E-state index is 0.0814. The number of nitrogens with zero attached hydrogens (tertiary/aromatic N) is 1. The second-order valence-electron chi connectivity index (χ2n) is 5.49. The van der Waals surface area contributed by atoms with Gasteiger partial charge in [-0.2, -0.15) is 0 Å². The molecule has 19 heavy (non-hydrogen) atoms. The molecule has 0 aliphatic carbocycles. The van der Waals surface area contributed by atoms with E-state index in [4.69, 9.17) is 5.73 Å². The molecule has 0 amide bonds. The lowest BCUT2D eigenvalue weighted by molar-refractivity contribution is 0.625. The number of hydrogen-bond donors (Lipinski definition) is 1. The summed E-state index contributed by atoms with van der Waals surface area (Å²) in [4.78, 5) is 2.46. The molecule has 1 unspecified atom stereocenters. The number of unbranched alkanes of at least 4 members (excludes halogenated alkanes) is 2. The van der Waals surface area contributed by atoms with Crippen molar-refractivity contribution in [3.05, 3.63) is 28.2 Å². The molecule has 0 spiro atoms. The Labute approximate surface area is 126 Å². The first kappa shape index (κ1) is 16.5. The van der Waals surface area contributed by atoms with E-state index >= 15 is 0 Å². The molecule has 1 atom stereocenters. The van der Waals surface area contributed by atoms with Crippen molar-refractivity contribution >= 4 is 21.6 Å². The summed E-state index contributed by atoms with van der Waals surface area (Å²) in [6.45, 7) is 9.87. The van der Waals surface area contributed by atoms with E-state index in [1.165, 1.54) is 30.5 Å². The third kappa shape index (κ3) is 4.81. The van der Waals surface area contributed by atoms with Crippen LogP contribution in [0.2, 0.25) is 0 Å². The van der Waals surface area contributed by atoms with Gasteiger partial charge in [0.15, 0.2) is 0 Å². The lowest BCUT2D eigenvalue weighted by Crippen LogP contribution is -2.32. The summed E-state index contributed by atoms with van der Waals surface area (Å²) in [7, 11) is 0. The van der Waals surface area contributed by atoms with Gasteiger partial charge in [0.05, 0.1) is 5.69 Å². The summed E-state index contributed by atoms with van der Waals surface area (Å²) < 4.78 is 1.15. The Kier molecular flexibility index (Phi) is 6.87. The van der Waals surface area contributed by atoms with Crippen molar-refractivity contribution in [3.63, 3.8) is 0 Å². The van der Waals surface area contributed by atoms with Gasteiger partial charge in [0.2, 0.25) is 0 Å². The summed E-state index contributed by atoms with van der Waals surface area (Å²) >= 11 is 3.70. The second kappa shape index (κ2) is 7.91. The van der Waals surface area contributed by atoms with Crippen LogP contribution < -0.4 is 10.6 Å². The monoisotopic (exact) mass is 326 g/mol. The fourth-order valence-corrected chi connectivity index (χ4v) is 2.85. The summed E-state index contributed by atoms with van der Waals surface area (Å²) in [6, 6.07) is 7.07. The molecule has 0 bridgehead atoms. The maximum Gasteiger partial charge on any atom is 0.0513 e. The van der Waals surface area contributed by atoms with E-state index in [0.717, 1.165) is 11.0 Å². The predicted molar refractivity (Wildman–Crippen MR) is 88.8 cm³/mol. The van der Waals surface area contributed by atoms with Gasteiger partial charge in [-0.1, -0.05) is 25.8 Å². The van der Waals surface area contributed by atoms with Gasteiger partial charge >= 0.3 is 0 Å². The standard InChI is InChI=1S/C16H27BrN2/c1-5-6-7-10-19(12(2)3)16-9-8-14(13(4)18)11-15(16)17/h8-9,11-13H,5-7,10,18H2,1-4H3. The fraction of sp³-hybridized carbons (Fsp3) is 0.625. The highest BCUT2D eigenvalue weighted by Gasteiger charge is 2.14. The van der Waals surface area contributed by atoms with Gasteiger partial charge in [-0.3, -0.25) is 0 Å². The van der Waals surface area contributed by atoms with E-state index in [-0.39, 0.29) is 6.04 Å².